The van der Waals surface area contributed by atoms with Gasteiger partial charge in [0.15, 0.2) is 0 Å². The molecule has 28 heavy (non-hydrogen) atoms. The minimum Gasteiger partial charge on any atom is -0.497 e. The SMILES string of the molecule is COc1ccc2[nH]c(C3CCCN(C(=O)CCOc4ccccc4)C3)cc2c1. The molecule has 5 heteroatoms. The number of amides is 1. The summed E-state index contributed by atoms with van der Waals surface area (Å²) in [6, 6.07) is 17.9. The molecule has 0 saturated carbocycles. The molecular formula is C23H26N2O3. The van der Waals surface area contributed by atoms with E-state index in [0.29, 0.717) is 18.9 Å². The van der Waals surface area contributed by atoms with Crippen LogP contribution in [-0.2, 0) is 4.79 Å². The van der Waals surface area contributed by atoms with E-state index >= 15 is 0 Å². The van der Waals surface area contributed by atoms with E-state index in [1.165, 1.54) is 5.69 Å². The molecule has 0 aliphatic carbocycles. The number of hydrogen-bond acceptors (Lipinski definition) is 3. The normalized spacial score (nSPS) is 16.9. The van der Waals surface area contributed by atoms with Crippen LogP contribution in [0.3, 0.4) is 0 Å². The number of benzene rings is 2. The Hall–Kier alpha value is -2.95. The molecule has 0 spiro atoms. The Morgan fingerprint density at radius 2 is 2.00 bits per heavy atom. The third-order valence-corrected chi connectivity index (χ3v) is 5.39. The van der Waals surface area contributed by atoms with Crippen molar-refractivity contribution in [3.8, 4) is 11.5 Å². The number of nitrogens with one attached hydrogen (secondary N) is 1. The molecule has 1 aliphatic rings. The predicted molar refractivity (Wildman–Crippen MR) is 110 cm³/mol. The summed E-state index contributed by atoms with van der Waals surface area (Å²) in [5.41, 5.74) is 2.30. The molecule has 146 valence electrons. The molecule has 0 radical (unpaired) electrons. The van der Waals surface area contributed by atoms with Gasteiger partial charge < -0.3 is 19.4 Å². The van der Waals surface area contributed by atoms with Gasteiger partial charge in [0.2, 0.25) is 5.91 Å². The van der Waals surface area contributed by atoms with Crippen molar-refractivity contribution in [3.63, 3.8) is 0 Å². The summed E-state index contributed by atoms with van der Waals surface area (Å²) in [6.45, 7) is 2.00. The monoisotopic (exact) mass is 378 g/mol. The molecule has 1 fully saturated rings. The van der Waals surface area contributed by atoms with Crippen molar-refractivity contribution in [2.75, 3.05) is 26.8 Å². The highest BCUT2D eigenvalue weighted by Gasteiger charge is 2.25. The summed E-state index contributed by atoms with van der Waals surface area (Å²) in [5, 5.41) is 1.15. The number of rotatable bonds is 6. The number of H-pyrrole nitrogens is 1. The lowest BCUT2D eigenvalue weighted by Gasteiger charge is -2.32. The van der Waals surface area contributed by atoms with Gasteiger partial charge in [-0.1, -0.05) is 18.2 Å². The van der Waals surface area contributed by atoms with E-state index in [-0.39, 0.29) is 5.91 Å². The molecular weight excluding hydrogens is 352 g/mol. The third kappa shape index (κ3) is 4.14. The molecule has 4 rings (SSSR count). The number of likely N-dealkylation sites (tertiary alicyclic amines) is 1. The fraction of sp³-hybridized carbons (Fsp3) is 0.348. The van der Waals surface area contributed by atoms with E-state index in [4.69, 9.17) is 9.47 Å². The first-order valence-electron chi connectivity index (χ1n) is 9.85. The Bertz CT molecular complexity index is 935. The summed E-state index contributed by atoms with van der Waals surface area (Å²) >= 11 is 0. The minimum absolute atomic E-state index is 0.165. The molecule has 1 N–H and O–H groups in total. The van der Waals surface area contributed by atoms with Gasteiger partial charge in [0.1, 0.15) is 11.5 Å². The van der Waals surface area contributed by atoms with Crippen LogP contribution < -0.4 is 9.47 Å². The maximum atomic E-state index is 12.6. The molecule has 0 bridgehead atoms. The van der Waals surface area contributed by atoms with Gasteiger partial charge in [0, 0.05) is 35.6 Å². The summed E-state index contributed by atoms with van der Waals surface area (Å²) in [5.74, 6) is 2.17. The van der Waals surface area contributed by atoms with E-state index < -0.39 is 0 Å². The number of aromatic nitrogens is 1. The molecule has 1 unspecified atom stereocenters. The standard InChI is InChI=1S/C23H26N2O3/c1-27-20-9-10-21-18(14-20)15-22(24-21)17-6-5-12-25(16-17)23(26)11-13-28-19-7-3-2-4-8-19/h2-4,7-10,14-15,17,24H,5-6,11-13,16H2,1H3. The van der Waals surface area contributed by atoms with Gasteiger partial charge in [-0.2, -0.15) is 0 Å². The average molecular weight is 378 g/mol. The Kier molecular flexibility index (Phi) is 5.51. The number of carbonyl (C=O) groups excluding carboxylic acids is 1. The van der Waals surface area contributed by atoms with Crippen molar-refractivity contribution in [2.24, 2.45) is 0 Å². The Morgan fingerprint density at radius 3 is 2.82 bits per heavy atom. The molecule has 3 aromatic rings. The van der Waals surface area contributed by atoms with Gasteiger partial charge in [-0.05, 0) is 49.2 Å². The number of aromatic amines is 1. The van der Waals surface area contributed by atoms with E-state index in [1.54, 1.807) is 7.11 Å². The first-order chi connectivity index (χ1) is 13.7. The van der Waals surface area contributed by atoms with Crippen molar-refractivity contribution in [3.05, 3.63) is 60.3 Å². The Balaban J connectivity index is 1.36. The molecule has 2 aromatic carbocycles. The number of hydrogen-bond donors (Lipinski definition) is 1. The van der Waals surface area contributed by atoms with E-state index in [9.17, 15) is 4.79 Å². The van der Waals surface area contributed by atoms with Crippen LogP contribution >= 0.6 is 0 Å². The molecule has 1 aliphatic heterocycles. The van der Waals surface area contributed by atoms with Crippen molar-refractivity contribution in [1.29, 1.82) is 0 Å². The Morgan fingerprint density at radius 1 is 1.14 bits per heavy atom. The molecule has 2 heterocycles. The maximum Gasteiger partial charge on any atom is 0.226 e. The van der Waals surface area contributed by atoms with E-state index in [0.717, 1.165) is 48.3 Å². The summed E-state index contributed by atoms with van der Waals surface area (Å²) < 4.78 is 11.0. The molecule has 1 aromatic heterocycles. The van der Waals surface area contributed by atoms with Gasteiger partial charge in [0.05, 0.1) is 20.1 Å². The molecule has 1 saturated heterocycles. The second kappa shape index (κ2) is 8.38. The number of carbonyl (C=O) groups is 1. The van der Waals surface area contributed by atoms with Gasteiger partial charge in [-0.3, -0.25) is 4.79 Å². The second-order valence-corrected chi connectivity index (χ2v) is 7.27. The summed E-state index contributed by atoms with van der Waals surface area (Å²) in [6.07, 6.45) is 2.52. The van der Waals surface area contributed by atoms with Crippen molar-refractivity contribution in [1.82, 2.24) is 9.88 Å². The van der Waals surface area contributed by atoms with Crippen LogP contribution in [0.15, 0.2) is 54.6 Å². The van der Waals surface area contributed by atoms with Crippen LogP contribution in [-0.4, -0.2) is 42.6 Å². The largest absolute Gasteiger partial charge is 0.497 e. The van der Waals surface area contributed by atoms with Crippen LogP contribution in [0.2, 0.25) is 0 Å². The smallest absolute Gasteiger partial charge is 0.226 e. The van der Waals surface area contributed by atoms with Crippen molar-refractivity contribution < 1.29 is 14.3 Å². The zero-order valence-electron chi connectivity index (χ0n) is 16.2. The van der Waals surface area contributed by atoms with Gasteiger partial charge in [-0.15, -0.1) is 0 Å². The number of piperidine rings is 1. The number of para-hydroxylation sites is 1. The van der Waals surface area contributed by atoms with Crippen LogP contribution in [0, 0.1) is 0 Å². The number of fused-ring (bicyclic) bond motifs is 1. The minimum atomic E-state index is 0.165. The second-order valence-electron chi connectivity index (χ2n) is 7.27. The van der Waals surface area contributed by atoms with Gasteiger partial charge >= 0.3 is 0 Å². The van der Waals surface area contributed by atoms with Crippen LogP contribution in [0.4, 0.5) is 0 Å². The molecule has 1 amide bonds. The fourth-order valence-electron chi connectivity index (χ4n) is 3.87. The summed E-state index contributed by atoms with van der Waals surface area (Å²) in [4.78, 5) is 18.1. The lowest BCUT2D eigenvalue weighted by atomic mass is 9.94. The third-order valence-electron chi connectivity index (χ3n) is 5.39. The first kappa shape index (κ1) is 18.4. The van der Waals surface area contributed by atoms with Crippen LogP contribution in [0.1, 0.15) is 30.9 Å². The van der Waals surface area contributed by atoms with Crippen molar-refractivity contribution in [2.45, 2.75) is 25.2 Å². The summed E-state index contributed by atoms with van der Waals surface area (Å²) in [7, 11) is 1.68. The highest BCUT2D eigenvalue weighted by atomic mass is 16.5. The zero-order chi connectivity index (χ0) is 19.3. The number of ether oxygens (including phenoxy) is 2. The number of nitrogens with zero attached hydrogens (tertiary/aromatic N) is 1. The topological polar surface area (TPSA) is 54.6 Å². The van der Waals surface area contributed by atoms with E-state index in [1.807, 2.05) is 53.4 Å². The van der Waals surface area contributed by atoms with Gasteiger partial charge in [-0.25, -0.2) is 0 Å². The molecule has 1 atom stereocenters. The van der Waals surface area contributed by atoms with Gasteiger partial charge in [0.25, 0.3) is 0 Å². The zero-order valence-corrected chi connectivity index (χ0v) is 16.2. The maximum absolute atomic E-state index is 12.6. The molecule has 5 nitrogen and oxygen atoms in total. The highest BCUT2D eigenvalue weighted by molar-refractivity contribution is 5.82. The fourth-order valence-corrected chi connectivity index (χ4v) is 3.87. The Labute approximate surface area is 165 Å². The quantitative estimate of drug-likeness (QED) is 0.694. The number of methoxy groups -OCH3 is 1. The van der Waals surface area contributed by atoms with E-state index in [2.05, 4.69) is 11.1 Å². The first-order valence-corrected chi connectivity index (χ1v) is 9.85. The van der Waals surface area contributed by atoms with Crippen LogP contribution in [0.5, 0.6) is 11.5 Å². The van der Waals surface area contributed by atoms with Crippen molar-refractivity contribution >= 4 is 16.8 Å². The predicted octanol–water partition coefficient (Wildman–Crippen LogP) is 4.35. The van der Waals surface area contributed by atoms with Crippen LogP contribution in [0.25, 0.3) is 10.9 Å². The average Bonchev–Trinajstić information content (AvgIpc) is 3.18. The highest BCUT2D eigenvalue weighted by Crippen LogP contribution is 2.30. The lowest BCUT2D eigenvalue weighted by Crippen LogP contribution is -2.39. The lowest BCUT2D eigenvalue weighted by molar-refractivity contribution is -0.132.